The Balaban J connectivity index is 0.880. The predicted molar refractivity (Wildman–Crippen MR) is 326 cm³/mol. The van der Waals surface area contributed by atoms with Crippen molar-refractivity contribution in [1.29, 1.82) is 0 Å². The Morgan fingerprint density at radius 3 is 2.25 bits per heavy atom. The number of likely N-dealkylation sites (tertiary alicyclic amines) is 1. The van der Waals surface area contributed by atoms with Crippen LogP contribution in [0.5, 0.6) is 0 Å². The van der Waals surface area contributed by atoms with Gasteiger partial charge in [-0.15, -0.1) is 11.3 Å². The predicted octanol–water partition coefficient (Wildman–Crippen LogP) is 5.52. The van der Waals surface area contributed by atoms with Crippen LogP contribution >= 0.6 is 18.9 Å². The molecule has 0 radical (unpaired) electrons. The third-order valence-electron chi connectivity index (χ3n) is 17.5. The number of piperidine rings is 2. The van der Waals surface area contributed by atoms with Gasteiger partial charge in [0, 0.05) is 74.0 Å². The zero-order chi connectivity index (χ0) is 65.9. The number of rotatable bonds is 23. The Morgan fingerprint density at radius 1 is 0.868 bits per heavy atom. The van der Waals surface area contributed by atoms with Crippen molar-refractivity contribution >= 4 is 93.8 Å². The maximum absolute atomic E-state index is 15.2. The summed E-state index contributed by atoms with van der Waals surface area (Å²) in [6, 6.07) is 9.44. The fraction of sp³-hybridized carbons (Fsp3) is 0.516. The molecule has 3 aromatic carbocycles. The van der Waals surface area contributed by atoms with E-state index in [4.69, 9.17) is 5.73 Å². The number of primary amides is 1. The second-order valence-corrected chi connectivity index (χ2v) is 27.7. The Morgan fingerprint density at radius 2 is 1.58 bits per heavy atom. The number of nitrogens with two attached hydrogens (primary N) is 1. The van der Waals surface area contributed by atoms with Crippen LogP contribution in [0.3, 0.4) is 0 Å². The number of halogens is 4. The molecule has 4 fully saturated rings. The van der Waals surface area contributed by atoms with Crippen LogP contribution in [0.1, 0.15) is 139 Å². The number of imide groups is 2. The van der Waals surface area contributed by atoms with Crippen LogP contribution in [0.2, 0.25) is 0 Å². The number of anilines is 1. The van der Waals surface area contributed by atoms with E-state index in [9.17, 15) is 66.2 Å². The van der Waals surface area contributed by atoms with Crippen molar-refractivity contribution in [3.8, 4) is 0 Å². The summed E-state index contributed by atoms with van der Waals surface area (Å²) in [4.78, 5) is 152. The van der Waals surface area contributed by atoms with Crippen molar-refractivity contribution in [2.75, 3.05) is 51.2 Å². The maximum Gasteiger partial charge on any atom is 0.401 e. The van der Waals surface area contributed by atoms with Crippen LogP contribution in [-0.2, 0) is 60.1 Å². The fourth-order valence-electron chi connectivity index (χ4n) is 12.6. The first kappa shape index (κ1) is 67.7. The lowest BCUT2D eigenvalue weighted by atomic mass is 9.86. The summed E-state index contributed by atoms with van der Waals surface area (Å²) in [5.41, 5.74) is 2.63. The molecule has 0 spiro atoms. The van der Waals surface area contributed by atoms with E-state index in [0.29, 0.717) is 54.8 Å². The molecule has 490 valence electrons. The number of hydrogen-bond donors (Lipinski definition) is 7. The summed E-state index contributed by atoms with van der Waals surface area (Å²) in [6.45, 7) is 6.82. The molecule has 5 aliphatic rings. The van der Waals surface area contributed by atoms with Gasteiger partial charge in [0.1, 0.15) is 30.2 Å². The molecule has 0 aliphatic carbocycles. The van der Waals surface area contributed by atoms with Gasteiger partial charge >= 0.3 is 13.3 Å². The third-order valence-corrected chi connectivity index (χ3v) is 20.2. The van der Waals surface area contributed by atoms with Gasteiger partial charge in [-0.2, -0.15) is 8.78 Å². The number of alkyl halides is 4. The Bertz CT molecular complexity index is 3540. The highest BCUT2D eigenvalue weighted by molar-refractivity contribution is 7.53. The van der Waals surface area contributed by atoms with Crippen LogP contribution in [-0.4, -0.2) is 172 Å². The third kappa shape index (κ3) is 15.3. The largest absolute Gasteiger partial charge is 0.401 e. The first-order valence-electron chi connectivity index (χ1n) is 30.4. The second kappa shape index (κ2) is 28.1. The van der Waals surface area contributed by atoms with E-state index in [1.54, 1.807) is 17.0 Å². The topological polar surface area (TPSA) is 316 Å². The molecule has 7 atom stereocenters. The van der Waals surface area contributed by atoms with Gasteiger partial charge in [-0.25, -0.2) is 8.78 Å². The van der Waals surface area contributed by atoms with E-state index in [1.807, 2.05) is 24.3 Å². The number of thiophene rings is 1. The Hall–Kier alpha value is -7.65. The van der Waals surface area contributed by atoms with E-state index < -0.39 is 140 Å². The van der Waals surface area contributed by atoms with E-state index >= 15 is 8.78 Å². The monoisotopic (exact) mass is 1310 g/mol. The number of nitrogens with zero attached hydrogens (tertiary/aromatic N) is 4. The lowest BCUT2D eigenvalue weighted by Gasteiger charge is -2.39. The lowest BCUT2D eigenvalue weighted by molar-refractivity contribution is -0.144. The highest BCUT2D eigenvalue weighted by atomic mass is 32.1. The van der Waals surface area contributed by atoms with Gasteiger partial charge in [0.25, 0.3) is 24.1 Å². The molecule has 8 N–H and O–H groups in total. The summed E-state index contributed by atoms with van der Waals surface area (Å²) >= 11 is 0.848. The van der Waals surface area contributed by atoms with E-state index in [0.717, 1.165) is 33.9 Å². The van der Waals surface area contributed by atoms with Crippen LogP contribution in [0, 0.1) is 5.92 Å². The molecule has 6 heterocycles. The minimum atomic E-state index is -5.47. The molecule has 2 unspecified atom stereocenters. The molecule has 29 heteroatoms. The normalized spacial score (nSPS) is 21.6. The van der Waals surface area contributed by atoms with Crippen molar-refractivity contribution in [3.05, 3.63) is 99.4 Å². The van der Waals surface area contributed by atoms with Crippen molar-refractivity contribution in [2.45, 2.75) is 152 Å². The van der Waals surface area contributed by atoms with Gasteiger partial charge < -0.3 is 46.2 Å². The van der Waals surface area contributed by atoms with E-state index in [-0.39, 0.29) is 90.6 Å². The minimum absolute atomic E-state index is 0.0162. The first-order valence-corrected chi connectivity index (χ1v) is 32.8. The minimum Gasteiger partial charge on any atom is -0.384 e. The van der Waals surface area contributed by atoms with Gasteiger partial charge in [0.05, 0.1) is 29.2 Å². The number of fused-ring (bicyclic) bond motifs is 3. The van der Waals surface area contributed by atoms with Crippen LogP contribution in [0.4, 0.5) is 23.2 Å². The van der Waals surface area contributed by atoms with Gasteiger partial charge in [-0.05, 0) is 116 Å². The number of hydrogen-bond acceptors (Lipinski definition) is 15. The fourth-order valence-corrected chi connectivity index (χ4v) is 14.5. The van der Waals surface area contributed by atoms with Gasteiger partial charge in [-0.3, -0.25) is 67.6 Å². The molecular formula is C62H75F4N10O13PS. The van der Waals surface area contributed by atoms with Crippen molar-refractivity contribution < 1.29 is 79.5 Å². The van der Waals surface area contributed by atoms with Crippen molar-refractivity contribution in [1.82, 2.24) is 40.9 Å². The van der Waals surface area contributed by atoms with Gasteiger partial charge in [-0.1, -0.05) is 57.2 Å². The molecule has 23 nitrogen and oxygen atoms in total. The average Bonchev–Trinajstić information content (AvgIpc) is 1.65. The SMILES string of the molecule is CCOP(=O)(O)C(F)(F)c1ccc2sc(C(=O)N[C@H]3CN(CC(F)F)CC[C@H]4CC[C@@H](C(=O)N[C@@H](CCC(N)=O)C(=O)N[C@@H](Cc5ccc(C(C)(C)C)cc5)C(=O)N5CCC(CCNc6cccc7c6C(=O)N(C6CCC(=O)NC6=O)C7=O)CC5)N4C3=O)cc2c1. The van der Waals surface area contributed by atoms with Crippen molar-refractivity contribution in [3.63, 3.8) is 0 Å². The van der Waals surface area contributed by atoms with Crippen molar-refractivity contribution in [2.24, 2.45) is 11.7 Å². The zero-order valence-corrected chi connectivity index (χ0v) is 52.5. The average molecular weight is 1310 g/mol. The number of carbonyl (C=O) groups excluding carboxylic acids is 10. The highest BCUT2D eigenvalue weighted by Gasteiger charge is 2.53. The first-order chi connectivity index (χ1) is 43.0. The van der Waals surface area contributed by atoms with Crippen LogP contribution in [0.25, 0.3) is 10.1 Å². The zero-order valence-electron chi connectivity index (χ0n) is 50.8. The maximum atomic E-state index is 15.2. The number of nitrogens with one attached hydrogen (secondary N) is 5. The molecule has 0 bridgehead atoms. The molecular weight excluding hydrogens is 1230 g/mol. The smallest absolute Gasteiger partial charge is 0.384 e. The Kier molecular flexibility index (Phi) is 20.9. The molecule has 5 aliphatic heterocycles. The number of amides is 10. The highest BCUT2D eigenvalue weighted by Crippen LogP contribution is 2.63. The Labute approximate surface area is 526 Å². The van der Waals surface area contributed by atoms with E-state index in [2.05, 4.69) is 51.9 Å². The molecule has 9 rings (SSSR count). The van der Waals surface area contributed by atoms with Gasteiger partial charge in [0.15, 0.2) is 0 Å². The summed E-state index contributed by atoms with van der Waals surface area (Å²) in [5.74, 6) is -6.89. The standard InChI is InChI=1S/C62H75F4N10O13PS/c1-5-89-90(87,88)62(65,66)38-13-18-47-36(30-38)31-48(91-47)56(82)71-44-32-73(33-49(63)64)26-24-39-14-16-45(75(39)59(44)85)54(80)69-42(15-19-50(67)77)53(79)70-43(29-35-9-11-37(12-10-35)61(2,3)4)58(84)74-27-22-34(23-28-74)21-25-68-41-8-6-7-40-52(41)60(86)76(57(40)83)46-17-20-51(78)72-55(46)81/h6-13,18,30-31,34,39,42-46,49,68H,5,14-17,19-29,32-33H2,1-4H3,(H2,67,77)(H,69,80)(H,70,79)(H,71,82)(H,87,88)(H,72,78,81)/t39-,42+,43+,44+,45+,46?/m1/s1. The summed E-state index contributed by atoms with van der Waals surface area (Å²) in [5, 5.41) is 13.8. The van der Waals surface area contributed by atoms with Crippen LogP contribution < -0.4 is 32.3 Å². The quantitative estimate of drug-likeness (QED) is 0.0273. The molecule has 4 saturated heterocycles. The lowest BCUT2D eigenvalue weighted by Crippen LogP contribution is -2.62. The summed E-state index contributed by atoms with van der Waals surface area (Å²) < 4.78 is 75.7. The molecule has 10 amide bonds. The number of benzene rings is 3. The second-order valence-electron chi connectivity index (χ2n) is 24.7. The molecule has 91 heavy (non-hydrogen) atoms. The molecule has 0 saturated carbocycles. The summed E-state index contributed by atoms with van der Waals surface area (Å²) in [6.07, 6.45) is -1.32. The molecule has 4 aromatic rings. The van der Waals surface area contributed by atoms with E-state index in [1.165, 1.54) is 34.9 Å². The summed E-state index contributed by atoms with van der Waals surface area (Å²) in [7, 11) is -5.47. The van der Waals surface area contributed by atoms with Gasteiger partial charge in [0.2, 0.25) is 41.4 Å². The number of carbonyl (C=O) groups is 10. The van der Waals surface area contributed by atoms with Crippen LogP contribution in [0.15, 0.2) is 66.7 Å². The molecule has 1 aromatic heterocycles.